The maximum atomic E-state index is 9.81. The molecule has 5 nitrogen and oxygen atoms in total. The number of aromatic nitrogens is 2. The molecule has 0 amide bonds. The van der Waals surface area contributed by atoms with Crippen LogP contribution in [-0.2, 0) is 19.4 Å². The first-order valence-corrected chi connectivity index (χ1v) is 12.3. The van der Waals surface area contributed by atoms with Crippen LogP contribution >= 0.6 is 0 Å². The van der Waals surface area contributed by atoms with Crippen molar-refractivity contribution in [3.63, 3.8) is 0 Å². The average molecular weight is 451 g/mol. The van der Waals surface area contributed by atoms with E-state index in [0.29, 0.717) is 0 Å². The van der Waals surface area contributed by atoms with Crippen molar-refractivity contribution in [1.29, 1.82) is 0 Å². The lowest BCUT2D eigenvalue weighted by Crippen LogP contribution is -2.21. The van der Waals surface area contributed by atoms with Crippen LogP contribution in [0.2, 0.25) is 0 Å². The quantitative estimate of drug-likeness (QED) is 0.426. The summed E-state index contributed by atoms with van der Waals surface area (Å²) in [4.78, 5) is 11.7. The number of anilines is 2. The number of benzene rings is 2. The zero-order valence-corrected chi connectivity index (χ0v) is 19.6. The van der Waals surface area contributed by atoms with Crippen LogP contribution in [0.5, 0.6) is 0 Å². The normalized spacial score (nSPS) is 17.9. The Balaban J connectivity index is 1.31. The topological polar surface area (TPSA) is 61.3 Å². The highest BCUT2D eigenvalue weighted by atomic mass is 16.3. The zero-order chi connectivity index (χ0) is 23.1. The van der Waals surface area contributed by atoms with Gasteiger partial charge in [0.15, 0.2) is 5.82 Å². The van der Waals surface area contributed by atoms with Crippen molar-refractivity contribution in [3.05, 3.63) is 83.2 Å². The van der Waals surface area contributed by atoms with Crippen LogP contribution in [0.4, 0.5) is 11.5 Å². The molecule has 0 bridgehead atoms. The van der Waals surface area contributed by atoms with Gasteiger partial charge >= 0.3 is 0 Å². The zero-order valence-electron chi connectivity index (χ0n) is 19.6. The number of nitrogens with one attached hydrogen (secondary N) is 1. The summed E-state index contributed by atoms with van der Waals surface area (Å²) >= 11 is 0. The Morgan fingerprint density at radius 2 is 1.94 bits per heavy atom. The molecular formula is C29H30N4O. The first-order valence-electron chi connectivity index (χ1n) is 12.3. The van der Waals surface area contributed by atoms with Crippen LogP contribution in [0.3, 0.4) is 0 Å². The predicted octanol–water partition coefficient (Wildman–Crippen LogP) is 5.40. The molecule has 34 heavy (non-hydrogen) atoms. The summed E-state index contributed by atoms with van der Waals surface area (Å²) in [6.45, 7) is 4.67. The molecule has 0 spiro atoms. The summed E-state index contributed by atoms with van der Waals surface area (Å²) in [6, 6.07) is 17.4. The number of rotatable bonds is 5. The van der Waals surface area contributed by atoms with Crippen LogP contribution in [0.1, 0.15) is 35.1 Å². The van der Waals surface area contributed by atoms with Gasteiger partial charge in [-0.3, -0.25) is 9.88 Å². The Morgan fingerprint density at radius 1 is 1.06 bits per heavy atom. The molecule has 1 atom stereocenters. The lowest BCUT2D eigenvalue weighted by Gasteiger charge is -2.17. The van der Waals surface area contributed by atoms with E-state index in [1.165, 1.54) is 40.7 Å². The molecule has 2 aromatic carbocycles. The van der Waals surface area contributed by atoms with Crippen molar-refractivity contribution < 1.29 is 5.11 Å². The third-order valence-electron chi connectivity index (χ3n) is 7.33. The van der Waals surface area contributed by atoms with Gasteiger partial charge in [-0.1, -0.05) is 30.3 Å². The molecule has 1 fully saturated rings. The number of β-amino-alcohol motifs (C(OH)–C–C–N with tert-alkyl or cyclic N) is 1. The van der Waals surface area contributed by atoms with E-state index in [1.54, 1.807) is 0 Å². The van der Waals surface area contributed by atoms with Crippen molar-refractivity contribution in [2.45, 2.75) is 45.3 Å². The highest BCUT2D eigenvalue weighted by Crippen LogP contribution is 2.37. The predicted molar refractivity (Wildman–Crippen MR) is 137 cm³/mol. The summed E-state index contributed by atoms with van der Waals surface area (Å²) in [5.74, 6) is 0.777. The van der Waals surface area contributed by atoms with Crippen LogP contribution in [0.15, 0.2) is 60.9 Å². The Hall–Kier alpha value is -3.28. The van der Waals surface area contributed by atoms with Gasteiger partial charge in [-0.05, 0) is 84.2 Å². The second-order valence-electron chi connectivity index (χ2n) is 9.65. The number of fused-ring (bicyclic) bond motifs is 2. The minimum atomic E-state index is -0.204. The summed E-state index contributed by atoms with van der Waals surface area (Å²) in [6.07, 6.45) is 8.03. The molecule has 172 valence electrons. The van der Waals surface area contributed by atoms with Crippen molar-refractivity contribution in [2.75, 3.05) is 18.4 Å². The molecule has 1 saturated heterocycles. The third kappa shape index (κ3) is 3.95. The minimum absolute atomic E-state index is 0.204. The Morgan fingerprint density at radius 3 is 2.82 bits per heavy atom. The molecule has 6 rings (SSSR count). The first kappa shape index (κ1) is 21.3. The molecule has 2 aliphatic rings. The van der Waals surface area contributed by atoms with E-state index >= 15 is 0 Å². The second-order valence-corrected chi connectivity index (χ2v) is 9.65. The number of aliphatic hydroxyl groups is 1. The highest BCUT2D eigenvalue weighted by Gasteiger charge is 2.21. The number of likely N-dealkylation sites (tertiary alicyclic amines) is 1. The minimum Gasteiger partial charge on any atom is -0.392 e. The third-order valence-corrected chi connectivity index (χ3v) is 7.33. The van der Waals surface area contributed by atoms with Gasteiger partial charge in [0.2, 0.25) is 0 Å². The summed E-state index contributed by atoms with van der Waals surface area (Å²) in [5, 5.41) is 14.5. The lowest BCUT2D eigenvalue weighted by molar-refractivity contribution is 0.175. The Bertz CT molecular complexity index is 1370. The van der Waals surface area contributed by atoms with E-state index in [2.05, 4.69) is 64.6 Å². The molecule has 3 heterocycles. The van der Waals surface area contributed by atoms with Crippen LogP contribution in [0, 0.1) is 6.92 Å². The molecule has 0 saturated carbocycles. The summed E-state index contributed by atoms with van der Waals surface area (Å²) in [5.41, 5.74) is 9.97. The Labute approximate surface area is 200 Å². The van der Waals surface area contributed by atoms with Gasteiger partial charge < -0.3 is 10.4 Å². The van der Waals surface area contributed by atoms with Crippen molar-refractivity contribution in [1.82, 2.24) is 14.9 Å². The van der Waals surface area contributed by atoms with Gasteiger partial charge in [0.05, 0.1) is 6.10 Å². The first-order chi connectivity index (χ1) is 16.7. The SMILES string of the molecule is Cc1c(Nc2nccc3cc(CN4CC[C@@H](O)C4)cnc23)cccc1-c1cccc2c1CCC2. The number of aryl methyl sites for hydroxylation is 1. The van der Waals surface area contributed by atoms with E-state index in [-0.39, 0.29) is 6.10 Å². The molecule has 5 heteroatoms. The molecule has 2 aromatic heterocycles. The molecule has 4 aromatic rings. The van der Waals surface area contributed by atoms with Gasteiger partial charge in [0.25, 0.3) is 0 Å². The van der Waals surface area contributed by atoms with Crippen molar-refractivity contribution in [3.8, 4) is 11.1 Å². The molecule has 0 radical (unpaired) electrons. The van der Waals surface area contributed by atoms with Gasteiger partial charge in [0, 0.05) is 43.1 Å². The monoisotopic (exact) mass is 450 g/mol. The summed E-state index contributed by atoms with van der Waals surface area (Å²) in [7, 11) is 0. The molecule has 1 aliphatic heterocycles. The number of aliphatic hydroxyl groups excluding tert-OH is 1. The Kier molecular flexibility index (Phi) is 5.52. The van der Waals surface area contributed by atoms with Gasteiger partial charge in [0.1, 0.15) is 5.52 Å². The maximum Gasteiger partial charge on any atom is 0.156 e. The number of pyridine rings is 2. The second kappa shape index (κ2) is 8.82. The fraction of sp³-hybridized carbons (Fsp3) is 0.310. The largest absolute Gasteiger partial charge is 0.392 e. The van der Waals surface area contributed by atoms with Gasteiger partial charge in [-0.2, -0.15) is 0 Å². The lowest BCUT2D eigenvalue weighted by atomic mass is 9.93. The molecule has 1 aliphatic carbocycles. The van der Waals surface area contributed by atoms with E-state index in [4.69, 9.17) is 4.98 Å². The number of nitrogens with zero attached hydrogens (tertiary/aromatic N) is 3. The number of hydrogen-bond acceptors (Lipinski definition) is 5. The van der Waals surface area contributed by atoms with E-state index < -0.39 is 0 Å². The molecular weight excluding hydrogens is 420 g/mol. The fourth-order valence-corrected chi connectivity index (χ4v) is 5.56. The fourth-order valence-electron chi connectivity index (χ4n) is 5.56. The van der Waals surface area contributed by atoms with Crippen molar-refractivity contribution >= 4 is 22.4 Å². The molecule has 2 N–H and O–H groups in total. The standard InChI is InChI=1S/C29H30N4O/c1-19-24(26-9-3-6-21-5-2-8-25(21)26)7-4-10-27(19)32-29-28-22(11-13-30-29)15-20(16-31-28)17-33-14-12-23(34)18-33/h3-4,6-7,9-11,13,15-16,23,34H,2,5,8,12,14,17-18H2,1H3,(H,30,32)/t23-/m1/s1. The van der Waals surface area contributed by atoms with Gasteiger partial charge in [-0.15, -0.1) is 0 Å². The van der Waals surface area contributed by atoms with Gasteiger partial charge in [-0.25, -0.2) is 4.98 Å². The van der Waals surface area contributed by atoms with E-state index in [1.807, 2.05) is 18.5 Å². The average Bonchev–Trinajstić information content (AvgIpc) is 3.49. The number of hydrogen-bond donors (Lipinski definition) is 2. The van der Waals surface area contributed by atoms with Crippen molar-refractivity contribution in [2.24, 2.45) is 0 Å². The van der Waals surface area contributed by atoms with Crippen LogP contribution in [-0.4, -0.2) is 39.2 Å². The summed E-state index contributed by atoms with van der Waals surface area (Å²) < 4.78 is 0. The maximum absolute atomic E-state index is 9.81. The highest BCUT2D eigenvalue weighted by molar-refractivity contribution is 5.91. The smallest absolute Gasteiger partial charge is 0.156 e. The van der Waals surface area contributed by atoms with E-state index in [9.17, 15) is 5.11 Å². The molecule has 0 unspecified atom stereocenters. The van der Waals surface area contributed by atoms with Crippen LogP contribution < -0.4 is 5.32 Å². The van der Waals surface area contributed by atoms with E-state index in [0.717, 1.165) is 60.4 Å². The van der Waals surface area contributed by atoms with Crippen LogP contribution in [0.25, 0.3) is 22.0 Å².